The van der Waals surface area contributed by atoms with E-state index in [1.54, 1.807) is 13.2 Å². The molecule has 0 atom stereocenters. The summed E-state index contributed by atoms with van der Waals surface area (Å²) in [5.74, 6) is 0.732. The summed E-state index contributed by atoms with van der Waals surface area (Å²) in [6, 6.07) is 8.22. The van der Waals surface area contributed by atoms with Gasteiger partial charge in [-0.1, -0.05) is 12.1 Å². The summed E-state index contributed by atoms with van der Waals surface area (Å²) in [5, 5.41) is 4.22. The fourth-order valence-corrected chi connectivity index (χ4v) is 2.74. The summed E-state index contributed by atoms with van der Waals surface area (Å²) >= 11 is 0. The maximum absolute atomic E-state index is 11.4. The number of benzene rings is 1. The van der Waals surface area contributed by atoms with E-state index in [-0.39, 0.29) is 6.41 Å². The van der Waals surface area contributed by atoms with Crippen molar-refractivity contribution in [3.05, 3.63) is 59.6 Å². The highest BCUT2D eigenvalue weighted by Crippen LogP contribution is 2.22. The van der Waals surface area contributed by atoms with Crippen LogP contribution in [-0.4, -0.2) is 38.0 Å². The van der Waals surface area contributed by atoms with Crippen molar-refractivity contribution in [2.45, 2.75) is 19.4 Å². The summed E-state index contributed by atoms with van der Waals surface area (Å²) in [6.07, 6.45) is 8.06. The molecule has 27 heavy (non-hydrogen) atoms. The molecule has 0 saturated heterocycles. The summed E-state index contributed by atoms with van der Waals surface area (Å²) in [5.41, 5.74) is 12.5. The number of hydrogen-bond donors (Lipinski definition) is 3. The molecule has 0 saturated carbocycles. The Labute approximate surface area is 159 Å². The van der Waals surface area contributed by atoms with E-state index in [2.05, 4.69) is 33.8 Å². The van der Waals surface area contributed by atoms with Crippen molar-refractivity contribution in [3.63, 3.8) is 0 Å². The smallest absolute Gasteiger partial charge is 0.204 e. The van der Waals surface area contributed by atoms with E-state index in [0.29, 0.717) is 0 Å². The number of rotatable bonds is 9. The number of hydrogen-bond acceptors (Lipinski definition) is 5. The van der Waals surface area contributed by atoms with Gasteiger partial charge < -0.3 is 26.1 Å². The number of aldehydes is 1. The van der Waals surface area contributed by atoms with E-state index in [1.807, 2.05) is 19.2 Å². The van der Waals surface area contributed by atoms with E-state index in [1.165, 1.54) is 6.20 Å². The molecule has 1 heterocycles. The third-order valence-electron chi connectivity index (χ3n) is 3.97. The maximum atomic E-state index is 11.4. The predicted molar refractivity (Wildman–Crippen MR) is 108 cm³/mol. The molecular weight excluding hydrogens is 344 g/mol. The molecule has 146 valence electrons. The zero-order valence-electron chi connectivity index (χ0n) is 15.9. The van der Waals surface area contributed by atoms with Crippen molar-refractivity contribution in [2.24, 2.45) is 11.5 Å². The van der Waals surface area contributed by atoms with Gasteiger partial charge in [0.2, 0.25) is 6.41 Å². The van der Waals surface area contributed by atoms with Crippen LogP contribution in [0.3, 0.4) is 0 Å². The molecule has 1 aromatic heterocycles. The minimum absolute atomic E-state index is 0.250. The fourth-order valence-electron chi connectivity index (χ4n) is 2.74. The monoisotopic (exact) mass is 372 g/mol. The molecule has 2 aromatic rings. The Bertz CT molecular complexity index is 794. The molecule has 0 aliphatic carbocycles. The Morgan fingerprint density at radius 2 is 2.00 bits per heavy atom. The first-order valence-corrected chi connectivity index (χ1v) is 8.64. The van der Waals surface area contributed by atoms with Crippen LogP contribution in [0.4, 0.5) is 0 Å². The van der Waals surface area contributed by atoms with Crippen LogP contribution in [0.2, 0.25) is 0 Å². The van der Waals surface area contributed by atoms with Crippen LogP contribution in [0.15, 0.2) is 48.4 Å². The molecule has 0 aliphatic rings. The second-order valence-corrected chi connectivity index (χ2v) is 5.70. The van der Waals surface area contributed by atoms with Gasteiger partial charge in [-0.3, -0.25) is 9.59 Å². The fraction of sp³-hybridized carbons (Fsp3) is 0.300. The van der Waals surface area contributed by atoms with Crippen LogP contribution < -0.4 is 16.8 Å². The summed E-state index contributed by atoms with van der Waals surface area (Å²) in [6.45, 7) is 1.74. The summed E-state index contributed by atoms with van der Waals surface area (Å²) in [7, 11) is 3.56. The minimum atomic E-state index is 0.250. The average Bonchev–Trinajstić information content (AvgIpc) is 3.03. The van der Waals surface area contributed by atoms with Crippen LogP contribution in [0, 0.1) is 0 Å². The van der Waals surface area contributed by atoms with E-state index in [9.17, 15) is 4.79 Å². The van der Waals surface area contributed by atoms with Crippen molar-refractivity contribution in [2.75, 3.05) is 20.7 Å². The van der Waals surface area contributed by atoms with E-state index < -0.39 is 0 Å². The molecular formula is C20H28N4O3. The summed E-state index contributed by atoms with van der Waals surface area (Å²) < 4.78 is 7.33. The van der Waals surface area contributed by atoms with Crippen LogP contribution in [0.1, 0.15) is 22.5 Å². The van der Waals surface area contributed by atoms with Crippen LogP contribution >= 0.6 is 0 Å². The van der Waals surface area contributed by atoms with Gasteiger partial charge in [0, 0.05) is 17.4 Å². The molecule has 1 aromatic carbocycles. The van der Waals surface area contributed by atoms with Crippen LogP contribution in [0.5, 0.6) is 0 Å². The third kappa shape index (κ3) is 6.63. The molecule has 0 aliphatic heterocycles. The second-order valence-electron chi connectivity index (χ2n) is 5.70. The van der Waals surface area contributed by atoms with Crippen LogP contribution in [0.25, 0.3) is 10.9 Å². The highest BCUT2D eigenvalue weighted by Gasteiger charge is 2.08. The molecule has 0 spiro atoms. The first-order chi connectivity index (χ1) is 13.1. The molecule has 7 heteroatoms. The Morgan fingerprint density at radius 1 is 1.26 bits per heavy atom. The van der Waals surface area contributed by atoms with E-state index in [4.69, 9.17) is 15.3 Å². The normalized spacial score (nSPS) is 11.3. The molecule has 1 amide bonds. The number of ether oxygens (including phenoxy) is 1. The molecule has 0 bridgehead atoms. The summed E-state index contributed by atoms with van der Waals surface area (Å²) in [4.78, 5) is 19.9. The Hall–Kier alpha value is -3.06. The highest BCUT2D eigenvalue weighted by molar-refractivity contribution is 5.89. The van der Waals surface area contributed by atoms with Crippen molar-refractivity contribution in [3.8, 4) is 0 Å². The standard InChI is InChI=1S/C19H25N3O2.CH3NO/c1-21-10-3-11-22-17(14-23)13-16-6-4-15(12-19(16)22)5-7-18(24-2)8-9-20;2-1-3/h4,6-9,12-14,21H,3,5,10-11,20H2,1-2H3;1H,(H2,2,3)/b9-8-,18-7+;. The lowest BCUT2D eigenvalue weighted by Crippen LogP contribution is -2.12. The maximum Gasteiger partial charge on any atom is 0.204 e. The number of nitrogens with two attached hydrogens (primary N) is 2. The lowest BCUT2D eigenvalue weighted by molar-refractivity contribution is -0.106. The number of amides is 1. The predicted octanol–water partition coefficient (Wildman–Crippen LogP) is 1.71. The number of nitrogens with one attached hydrogen (secondary N) is 1. The zero-order valence-corrected chi connectivity index (χ0v) is 15.9. The van der Waals surface area contributed by atoms with Gasteiger partial charge in [0.05, 0.1) is 12.8 Å². The quantitative estimate of drug-likeness (QED) is 0.268. The van der Waals surface area contributed by atoms with Gasteiger partial charge in [-0.2, -0.15) is 0 Å². The number of methoxy groups -OCH3 is 1. The van der Waals surface area contributed by atoms with Gasteiger partial charge in [0.25, 0.3) is 0 Å². The first-order valence-electron chi connectivity index (χ1n) is 8.64. The molecule has 0 fully saturated rings. The number of allylic oxidation sites excluding steroid dienone is 2. The number of carbonyl (C=O) groups excluding carboxylic acids is 2. The van der Waals surface area contributed by atoms with Crippen molar-refractivity contribution >= 4 is 23.6 Å². The number of aromatic nitrogens is 1. The van der Waals surface area contributed by atoms with Gasteiger partial charge in [-0.05, 0) is 62.5 Å². The van der Waals surface area contributed by atoms with Gasteiger partial charge in [0.1, 0.15) is 5.76 Å². The Morgan fingerprint density at radius 3 is 2.59 bits per heavy atom. The number of carbonyl (C=O) groups is 2. The van der Waals surface area contributed by atoms with E-state index in [0.717, 1.165) is 60.1 Å². The van der Waals surface area contributed by atoms with Gasteiger partial charge in [0.15, 0.2) is 6.29 Å². The van der Waals surface area contributed by atoms with E-state index >= 15 is 0 Å². The largest absolute Gasteiger partial charge is 0.497 e. The molecule has 2 rings (SSSR count). The van der Waals surface area contributed by atoms with Crippen molar-refractivity contribution in [1.29, 1.82) is 0 Å². The zero-order chi connectivity index (χ0) is 20.1. The molecule has 5 N–H and O–H groups in total. The van der Waals surface area contributed by atoms with Gasteiger partial charge in [-0.15, -0.1) is 0 Å². The SMILES string of the molecule is CNCCCn1c(C=O)cc2ccc(C/C=C(\C=C/N)OC)cc21.NC=O. The topological polar surface area (TPSA) is 112 Å². The number of primary amides is 1. The Balaban J connectivity index is 0.00000114. The minimum Gasteiger partial charge on any atom is -0.497 e. The van der Waals surface area contributed by atoms with Crippen molar-refractivity contribution in [1.82, 2.24) is 9.88 Å². The second kappa shape index (κ2) is 12.3. The first kappa shape index (κ1) is 22.0. The Kier molecular flexibility index (Phi) is 10.0. The van der Waals surface area contributed by atoms with Crippen molar-refractivity contribution < 1.29 is 14.3 Å². The lowest BCUT2D eigenvalue weighted by atomic mass is 10.1. The highest BCUT2D eigenvalue weighted by atomic mass is 16.5. The number of fused-ring (bicyclic) bond motifs is 1. The van der Waals surface area contributed by atoms with Gasteiger partial charge >= 0.3 is 0 Å². The van der Waals surface area contributed by atoms with Crippen LogP contribution in [-0.2, 0) is 22.5 Å². The number of nitrogens with zero attached hydrogens (tertiary/aromatic N) is 1. The molecule has 0 radical (unpaired) electrons. The average molecular weight is 372 g/mol. The van der Waals surface area contributed by atoms with Gasteiger partial charge in [-0.25, -0.2) is 0 Å². The molecule has 7 nitrogen and oxygen atoms in total. The number of aryl methyl sites for hydroxylation is 1. The third-order valence-corrected chi connectivity index (χ3v) is 3.97. The lowest BCUT2D eigenvalue weighted by Gasteiger charge is -2.08. The molecule has 0 unspecified atom stereocenters.